The Balaban J connectivity index is 2.96. The van der Waals surface area contributed by atoms with Crippen LogP contribution in [0.1, 0.15) is 10.4 Å². The summed E-state index contributed by atoms with van der Waals surface area (Å²) in [5, 5.41) is 1.35. The van der Waals surface area contributed by atoms with Crippen LogP contribution in [-0.2, 0) is 0 Å². The fraction of sp³-hybridized carbons (Fsp3) is 0. The molecule has 4 heteroatoms. The first kappa shape index (κ1) is 8.78. The quantitative estimate of drug-likeness (QED) is 0.781. The Labute approximate surface area is 88.0 Å². The lowest BCUT2D eigenvalue weighted by Crippen LogP contribution is -1.77. The second kappa shape index (κ2) is 3.16. The van der Waals surface area contributed by atoms with Crippen molar-refractivity contribution in [2.24, 2.45) is 0 Å². The van der Waals surface area contributed by atoms with E-state index in [2.05, 4.69) is 20.9 Å². The molecule has 2 rings (SSSR count). The normalized spacial score (nSPS) is 10.6. The molecule has 0 aliphatic carbocycles. The van der Waals surface area contributed by atoms with Gasteiger partial charge in [-0.3, -0.25) is 4.79 Å². The van der Waals surface area contributed by atoms with Gasteiger partial charge in [-0.15, -0.1) is 0 Å². The van der Waals surface area contributed by atoms with Gasteiger partial charge in [-0.25, -0.2) is 0 Å². The molecule has 0 saturated carbocycles. The topological polar surface area (TPSA) is 32.9 Å². The molecule has 1 heterocycles. The number of aromatic nitrogens is 1. The number of fused-ring (bicyclic) bond motifs is 1. The van der Waals surface area contributed by atoms with Crippen molar-refractivity contribution in [3.8, 4) is 0 Å². The zero-order valence-electron chi connectivity index (χ0n) is 6.47. The Morgan fingerprint density at radius 2 is 2.23 bits per heavy atom. The number of H-pyrrole nitrogens is 1. The van der Waals surface area contributed by atoms with E-state index >= 15 is 0 Å². The van der Waals surface area contributed by atoms with E-state index < -0.39 is 0 Å². The molecular weight excluding hydrogens is 253 g/mol. The molecule has 0 amide bonds. The van der Waals surface area contributed by atoms with Gasteiger partial charge in [0.15, 0.2) is 6.29 Å². The summed E-state index contributed by atoms with van der Waals surface area (Å²) in [5.74, 6) is 0. The minimum Gasteiger partial charge on any atom is -0.349 e. The number of nitrogens with one attached hydrogen (secondary N) is 1. The predicted octanol–water partition coefficient (Wildman–Crippen LogP) is 3.40. The third-order valence-electron chi connectivity index (χ3n) is 1.88. The van der Waals surface area contributed by atoms with Crippen molar-refractivity contribution < 1.29 is 4.79 Å². The van der Waals surface area contributed by atoms with Crippen LogP contribution in [0.5, 0.6) is 0 Å². The summed E-state index contributed by atoms with van der Waals surface area (Å²) in [5.41, 5.74) is 1.43. The Kier molecular flexibility index (Phi) is 2.14. The lowest BCUT2D eigenvalue weighted by molar-refractivity contribution is 0.112. The first-order valence-electron chi connectivity index (χ1n) is 3.65. The van der Waals surface area contributed by atoms with Crippen molar-refractivity contribution >= 4 is 44.7 Å². The molecule has 0 aliphatic rings. The number of benzene rings is 1. The van der Waals surface area contributed by atoms with Crippen LogP contribution in [0.2, 0.25) is 5.02 Å². The molecule has 2 nitrogen and oxygen atoms in total. The molecule has 66 valence electrons. The van der Waals surface area contributed by atoms with Crippen LogP contribution in [-0.4, -0.2) is 11.3 Å². The largest absolute Gasteiger partial charge is 0.349 e. The zero-order chi connectivity index (χ0) is 9.42. The van der Waals surface area contributed by atoms with Crippen molar-refractivity contribution in [2.75, 3.05) is 0 Å². The molecule has 0 atom stereocenters. The van der Waals surface area contributed by atoms with Gasteiger partial charge in [-0.2, -0.15) is 0 Å². The van der Waals surface area contributed by atoms with Crippen LogP contribution in [0, 0.1) is 0 Å². The smallest absolute Gasteiger partial charge is 0.153 e. The zero-order valence-corrected chi connectivity index (χ0v) is 8.82. The fourth-order valence-corrected chi connectivity index (χ4v) is 2.09. The second-order valence-electron chi connectivity index (χ2n) is 2.63. The Bertz CT molecular complexity index is 478. The van der Waals surface area contributed by atoms with Crippen LogP contribution in [0.25, 0.3) is 10.9 Å². The van der Waals surface area contributed by atoms with Crippen molar-refractivity contribution in [3.63, 3.8) is 0 Å². The van der Waals surface area contributed by atoms with E-state index in [0.717, 1.165) is 17.2 Å². The van der Waals surface area contributed by atoms with Gasteiger partial charge in [0.2, 0.25) is 0 Å². The summed E-state index contributed by atoms with van der Waals surface area (Å²) in [6.45, 7) is 0. The SMILES string of the molecule is O=Cc1c(Br)[nH]c2cccc(Cl)c12. The summed E-state index contributed by atoms with van der Waals surface area (Å²) in [4.78, 5) is 13.8. The highest BCUT2D eigenvalue weighted by atomic mass is 79.9. The second-order valence-corrected chi connectivity index (χ2v) is 3.83. The van der Waals surface area contributed by atoms with Gasteiger partial charge in [-0.1, -0.05) is 17.7 Å². The first-order chi connectivity index (χ1) is 6.24. The number of hydrogen-bond donors (Lipinski definition) is 1. The molecule has 0 bridgehead atoms. The molecule has 0 spiro atoms. The summed E-state index contributed by atoms with van der Waals surface area (Å²) >= 11 is 9.21. The summed E-state index contributed by atoms with van der Waals surface area (Å²) in [6.07, 6.45) is 0.787. The highest BCUT2D eigenvalue weighted by Gasteiger charge is 2.10. The van der Waals surface area contributed by atoms with Gasteiger partial charge >= 0.3 is 0 Å². The lowest BCUT2D eigenvalue weighted by Gasteiger charge is -1.92. The number of halogens is 2. The van der Waals surface area contributed by atoms with E-state index in [1.54, 1.807) is 6.07 Å². The standard InChI is InChI=1S/C9H5BrClNO/c10-9-5(4-13)8-6(11)2-1-3-7(8)12-9/h1-4,12H. The van der Waals surface area contributed by atoms with Gasteiger partial charge in [0.25, 0.3) is 0 Å². The fourth-order valence-electron chi connectivity index (χ4n) is 1.31. The highest BCUT2D eigenvalue weighted by Crippen LogP contribution is 2.30. The van der Waals surface area contributed by atoms with E-state index in [0.29, 0.717) is 15.2 Å². The molecule has 1 N–H and O–H groups in total. The average molecular weight is 259 g/mol. The Morgan fingerprint density at radius 3 is 2.92 bits per heavy atom. The number of rotatable bonds is 1. The van der Waals surface area contributed by atoms with Gasteiger partial charge in [0, 0.05) is 10.9 Å². The predicted molar refractivity (Wildman–Crippen MR) is 56.4 cm³/mol. The van der Waals surface area contributed by atoms with Crippen LogP contribution in [0.3, 0.4) is 0 Å². The van der Waals surface area contributed by atoms with Crippen molar-refractivity contribution in [1.82, 2.24) is 4.98 Å². The van der Waals surface area contributed by atoms with E-state index in [1.807, 2.05) is 12.1 Å². The van der Waals surface area contributed by atoms with Crippen LogP contribution in [0.15, 0.2) is 22.8 Å². The molecule has 0 unspecified atom stereocenters. The van der Waals surface area contributed by atoms with Crippen molar-refractivity contribution in [3.05, 3.63) is 33.4 Å². The molecule has 0 aliphatic heterocycles. The maximum atomic E-state index is 10.7. The van der Waals surface area contributed by atoms with E-state index in [-0.39, 0.29) is 0 Å². The monoisotopic (exact) mass is 257 g/mol. The Morgan fingerprint density at radius 1 is 1.46 bits per heavy atom. The molecule has 1 aromatic heterocycles. The number of aldehydes is 1. The summed E-state index contributed by atoms with van der Waals surface area (Å²) < 4.78 is 0.672. The number of carbonyl (C=O) groups excluding carboxylic acids is 1. The van der Waals surface area contributed by atoms with E-state index in [9.17, 15) is 4.79 Å². The average Bonchev–Trinajstić information content (AvgIpc) is 2.42. The number of aromatic amines is 1. The van der Waals surface area contributed by atoms with Crippen molar-refractivity contribution in [1.29, 1.82) is 0 Å². The van der Waals surface area contributed by atoms with E-state index in [1.165, 1.54) is 0 Å². The minimum absolute atomic E-state index is 0.570. The highest BCUT2D eigenvalue weighted by molar-refractivity contribution is 9.10. The molecular formula is C9H5BrClNO. The molecule has 0 fully saturated rings. The van der Waals surface area contributed by atoms with Crippen LogP contribution >= 0.6 is 27.5 Å². The maximum Gasteiger partial charge on any atom is 0.153 e. The molecule has 13 heavy (non-hydrogen) atoms. The number of carbonyl (C=O) groups is 1. The summed E-state index contributed by atoms with van der Waals surface area (Å²) in [7, 11) is 0. The van der Waals surface area contributed by atoms with Crippen LogP contribution < -0.4 is 0 Å². The molecule has 2 aromatic rings. The minimum atomic E-state index is 0.570. The lowest BCUT2D eigenvalue weighted by atomic mass is 10.2. The molecule has 1 aromatic carbocycles. The molecule has 0 saturated heterocycles. The van der Waals surface area contributed by atoms with Gasteiger partial charge in [0.05, 0.1) is 15.2 Å². The van der Waals surface area contributed by atoms with Crippen LogP contribution in [0.4, 0.5) is 0 Å². The Hall–Kier alpha value is -0.800. The van der Waals surface area contributed by atoms with Crippen molar-refractivity contribution in [2.45, 2.75) is 0 Å². The van der Waals surface area contributed by atoms with Gasteiger partial charge < -0.3 is 4.98 Å². The third-order valence-corrected chi connectivity index (χ3v) is 2.82. The first-order valence-corrected chi connectivity index (χ1v) is 4.82. The summed E-state index contributed by atoms with van der Waals surface area (Å²) in [6, 6.07) is 5.47. The van der Waals surface area contributed by atoms with Gasteiger partial charge in [0.1, 0.15) is 0 Å². The third kappa shape index (κ3) is 1.28. The van der Waals surface area contributed by atoms with Gasteiger partial charge in [-0.05, 0) is 28.1 Å². The number of hydrogen-bond acceptors (Lipinski definition) is 1. The maximum absolute atomic E-state index is 10.7. The van der Waals surface area contributed by atoms with E-state index in [4.69, 9.17) is 11.6 Å². The molecule has 0 radical (unpaired) electrons.